The highest BCUT2D eigenvalue weighted by Gasteiger charge is 2.09. The summed E-state index contributed by atoms with van der Waals surface area (Å²) >= 11 is 3.41. The quantitative estimate of drug-likeness (QED) is 0.902. The number of amides is 1. The van der Waals surface area contributed by atoms with Crippen LogP contribution in [0, 0.1) is 0 Å². The van der Waals surface area contributed by atoms with Crippen LogP contribution in [0.4, 0.5) is 5.95 Å². The lowest BCUT2D eigenvalue weighted by molar-refractivity contribution is -0.120. The molecule has 0 aliphatic carbocycles. The van der Waals surface area contributed by atoms with Gasteiger partial charge in [-0.05, 0) is 18.2 Å². The second-order valence-corrected chi connectivity index (χ2v) is 4.59. The minimum absolute atomic E-state index is 0.0127. The zero-order valence-electron chi connectivity index (χ0n) is 9.40. The molecule has 90 valence electrons. The predicted molar refractivity (Wildman–Crippen MR) is 70.5 cm³/mol. The number of hydrogen-bond donors (Lipinski definition) is 2. The van der Waals surface area contributed by atoms with Crippen molar-refractivity contribution in [3.63, 3.8) is 0 Å². The summed E-state index contributed by atoms with van der Waals surface area (Å²) in [5, 5.41) is 2.58. The summed E-state index contributed by atoms with van der Waals surface area (Å²) in [7, 11) is 1.62. The van der Waals surface area contributed by atoms with Crippen LogP contribution in [0.15, 0.2) is 22.7 Å². The van der Waals surface area contributed by atoms with Crippen molar-refractivity contribution in [2.45, 2.75) is 13.0 Å². The van der Waals surface area contributed by atoms with Crippen LogP contribution in [0.1, 0.15) is 6.42 Å². The molecule has 0 radical (unpaired) electrons. The van der Waals surface area contributed by atoms with Crippen molar-refractivity contribution in [1.29, 1.82) is 0 Å². The van der Waals surface area contributed by atoms with Gasteiger partial charge in [-0.2, -0.15) is 0 Å². The molecule has 0 aliphatic rings. The molecular weight excluding hydrogens is 284 g/mol. The molecule has 0 fully saturated rings. The van der Waals surface area contributed by atoms with E-state index in [-0.39, 0.29) is 5.91 Å². The number of aromatic nitrogens is 2. The Morgan fingerprint density at radius 1 is 1.59 bits per heavy atom. The number of nitrogens with one attached hydrogen (secondary N) is 1. The Morgan fingerprint density at radius 3 is 3.06 bits per heavy atom. The van der Waals surface area contributed by atoms with E-state index in [1.165, 1.54) is 0 Å². The summed E-state index contributed by atoms with van der Waals surface area (Å²) in [6.07, 6.45) is 0.388. The Hall–Kier alpha value is -1.56. The van der Waals surface area contributed by atoms with Gasteiger partial charge in [0, 0.05) is 24.5 Å². The number of fused-ring (bicyclic) bond motifs is 1. The molecule has 1 aromatic heterocycles. The topological polar surface area (TPSA) is 72.9 Å². The number of carbonyl (C=O) groups excluding carboxylic acids is 1. The number of hydrogen-bond acceptors (Lipinski definition) is 3. The Morgan fingerprint density at radius 2 is 2.35 bits per heavy atom. The molecule has 0 aliphatic heterocycles. The first-order valence-electron chi connectivity index (χ1n) is 5.23. The van der Waals surface area contributed by atoms with E-state index in [0.29, 0.717) is 18.9 Å². The van der Waals surface area contributed by atoms with E-state index in [4.69, 9.17) is 5.73 Å². The number of aryl methyl sites for hydroxylation is 1. The van der Waals surface area contributed by atoms with E-state index in [1.54, 1.807) is 7.05 Å². The fraction of sp³-hybridized carbons (Fsp3) is 0.273. The molecule has 2 aromatic rings. The number of anilines is 1. The Balaban J connectivity index is 2.35. The molecule has 6 heteroatoms. The maximum absolute atomic E-state index is 11.2. The number of nitrogen functional groups attached to an aromatic ring is 1. The summed E-state index contributed by atoms with van der Waals surface area (Å²) in [5.41, 5.74) is 7.60. The molecule has 0 bridgehead atoms. The number of rotatable bonds is 3. The summed E-state index contributed by atoms with van der Waals surface area (Å²) < 4.78 is 2.81. The first-order valence-corrected chi connectivity index (χ1v) is 6.03. The van der Waals surface area contributed by atoms with Crippen LogP contribution in [0.3, 0.4) is 0 Å². The lowest BCUT2D eigenvalue weighted by atomic mass is 10.3. The Kier molecular flexibility index (Phi) is 3.33. The van der Waals surface area contributed by atoms with Gasteiger partial charge in [-0.1, -0.05) is 15.9 Å². The van der Waals surface area contributed by atoms with Gasteiger partial charge in [0.1, 0.15) is 0 Å². The van der Waals surface area contributed by atoms with E-state index in [2.05, 4.69) is 26.2 Å². The van der Waals surface area contributed by atoms with Gasteiger partial charge < -0.3 is 15.6 Å². The average molecular weight is 297 g/mol. The van der Waals surface area contributed by atoms with Crippen LogP contribution in [0.2, 0.25) is 0 Å². The van der Waals surface area contributed by atoms with Crippen LogP contribution < -0.4 is 11.1 Å². The summed E-state index contributed by atoms with van der Waals surface area (Å²) in [6.45, 7) is 0.526. The smallest absolute Gasteiger partial charge is 0.221 e. The standard InChI is InChI=1S/C11H13BrN4O/c1-14-10(17)4-5-16-9-6-7(12)2-3-8(9)15-11(16)13/h2-3,6H,4-5H2,1H3,(H2,13,15)(H,14,17). The van der Waals surface area contributed by atoms with Crippen LogP contribution in [-0.4, -0.2) is 22.5 Å². The van der Waals surface area contributed by atoms with Gasteiger partial charge in [0.15, 0.2) is 0 Å². The normalized spacial score (nSPS) is 10.7. The highest BCUT2D eigenvalue weighted by Crippen LogP contribution is 2.22. The zero-order valence-corrected chi connectivity index (χ0v) is 11.0. The van der Waals surface area contributed by atoms with Gasteiger partial charge in [-0.3, -0.25) is 4.79 Å². The van der Waals surface area contributed by atoms with Gasteiger partial charge >= 0.3 is 0 Å². The van der Waals surface area contributed by atoms with E-state index < -0.39 is 0 Å². The molecule has 3 N–H and O–H groups in total. The van der Waals surface area contributed by atoms with Crippen molar-refractivity contribution in [3.05, 3.63) is 22.7 Å². The molecule has 5 nitrogen and oxygen atoms in total. The third-order valence-corrected chi connectivity index (χ3v) is 3.07. The second kappa shape index (κ2) is 4.75. The first kappa shape index (κ1) is 11.9. The minimum atomic E-state index is -0.0127. The van der Waals surface area contributed by atoms with Gasteiger partial charge in [0.25, 0.3) is 0 Å². The molecule has 17 heavy (non-hydrogen) atoms. The van der Waals surface area contributed by atoms with Crippen LogP contribution >= 0.6 is 15.9 Å². The number of halogens is 1. The summed E-state index contributed by atoms with van der Waals surface area (Å²) in [5.74, 6) is 0.420. The largest absolute Gasteiger partial charge is 0.369 e. The van der Waals surface area contributed by atoms with Gasteiger partial charge in [-0.25, -0.2) is 4.98 Å². The average Bonchev–Trinajstić information content (AvgIpc) is 2.61. The fourth-order valence-electron chi connectivity index (χ4n) is 1.69. The lowest BCUT2D eigenvalue weighted by Crippen LogP contribution is -2.19. The highest BCUT2D eigenvalue weighted by atomic mass is 79.9. The van der Waals surface area contributed by atoms with E-state index in [0.717, 1.165) is 15.5 Å². The SMILES string of the molecule is CNC(=O)CCn1c(N)nc2ccc(Br)cc21. The van der Waals surface area contributed by atoms with Crippen LogP contribution in [0.25, 0.3) is 11.0 Å². The summed E-state index contributed by atoms with van der Waals surface area (Å²) in [6, 6.07) is 5.76. The molecule has 1 aromatic carbocycles. The molecule has 0 saturated heterocycles. The van der Waals surface area contributed by atoms with Crippen LogP contribution in [0.5, 0.6) is 0 Å². The zero-order chi connectivity index (χ0) is 12.4. The number of nitrogens with two attached hydrogens (primary N) is 1. The number of nitrogens with zero attached hydrogens (tertiary/aromatic N) is 2. The molecule has 1 amide bonds. The molecule has 0 unspecified atom stereocenters. The first-order chi connectivity index (χ1) is 8.11. The second-order valence-electron chi connectivity index (χ2n) is 3.68. The number of benzene rings is 1. The highest BCUT2D eigenvalue weighted by molar-refractivity contribution is 9.10. The van der Waals surface area contributed by atoms with Crippen molar-refractivity contribution >= 4 is 38.8 Å². The van der Waals surface area contributed by atoms with Crippen molar-refractivity contribution in [3.8, 4) is 0 Å². The van der Waals surface area contributed by atoms with E-state index >= 15 is 0 Å². The van der Waals surface area contributed by atoms with E-state index in [1.807, 2.05) is 22.8 Å². The predicted octanol–water partition coefficient (Wildman–Crippen LogP) is 1.52. The van der Waals surface area contributed by atoms with Crippen molar-refractivity contribution in [2.24, 2.45) is 0 Å². The van der Waals surface area contributed by atoms with Gasteiger partial charge in [-0.15, -0.1) is 0 Å². The van der Waals surface area contributed by atoms with Gasteiger partial charge in [0.05, 0.1) is 11.0 Å². The maximum Gasteiger partial charge on any atom is 0.221 e. The maximum atomic E-state index is 11.2. The van der Waals surface area contributed by atoms with Crippen molar-refractivity contribution in [1.82, 2.24) is 14.9 Å². The number of carbonyl (C=O) groups is 1. The third-order valence-electron chi connectivity index (χ3n) is 2.58. The molecule has 0 atom stereocenters. The molecular formula is C11H13BrN4O. The molecule has 0 spiro atoms. The third kappa shape index (κ3) is 2.41. The Bertz CT molecular complexity index is 564. The monoisotopic (exact) mass is 296 g/mol. The number of imidazole rings is 1. The van der Waals surface area contributed by atoms with E-state index in [9.17, 15) is 4.79 Å². The molecule has 1 heterocycles. The van der Waals surface area contributed by atoms with Crippen LogP contribution in [-0.2, 0) is 11.3 Å². The van der Waals surface area contributed by atoms with Gasteiger partial charge in [0.2, 0.25) is 11.9 Å². The van der Waals surface area contributed by atoms with Crippen molar-refractivity contribution < 1.29 is 4.79 Å². The minimum Gasteiger partial charge on any atom is -0.369 e. The molecule has 0 saturated carbocycles. The lowest BCUT2D eigenvalue weighted by Gasteiger charge is -2.05. The Labute approximate surface area is 107 Å². The molecule has 2 rings (SSSR count). The fourth-order valence-corrected chi connectivity index (χ4v) is 2.04. The van der Waals surface area contributed by atoms with Crippen molar-refractivity contribution in [2.75, 3.05) is 12.8 Å². The summed E-state index contributed by atoms with van der Waals surface area (Å²) in [4.78, 5) is 15.5.